The third kappa shape index (κ3) is 5.72. The first-order valence-electron chi connectivity index (χ1n) is 7.00. The van der Waals surface area contributed by atoms with Crippen LogP contribution >= 0.6 is 0 Å². The van der Waals surface area contributed by atoms with E-state index in [9.17, 15) is 4.79 Å². The maximum atomic E-state index is 11.4. The van der Waals surface area contributed by atoms with Crippen LogP contribution in [0.5, 0.6) is 0 Å². The molecule has 1 aromatic carbocycles. The molecule has 3 N–H and O–H groups in total. The topological polar surface area (TPSA) is 64.4 Å². The first-order valence-corrected chi connectivity index (χ1v) is 7.00. The number of hydrogen-bond donors (Lipinski definition) is 2. The first-order chi connectivity index (χ1) is 9.33. The fraction of sp³-hybridized carbons (Fsp3) is 0.562. The van der Waals surface area contributed by atoms with E-state index in [4.69, 9.17) is 10.6 Å². The lowest BCUT2D eigenvalue weighted by Crippen LogP contribution is -2.33. The Morgan fingerprint density at radius 3 is 2.40 bits per heavy atom. The average molecular weight is 278 g/mol. The van der Waals surface area contributed by atoms with Gasteiger partial charge in [-0.3, -0.25) is 10.2 Å². The zero-order valence-corrected chi connectivity index (χ0v) is 12.9. The van der Waals surface area contributed by atoms with Crippen molar-refractivity contribution in [3.8, 4) is 0 Å². The first kappa shape index (κ1) is 16.7. The maximum absolute atomic E-state index is 11.4. The lowest BCUT2D eigenvalue weighted by molar-refractivity contribution is -0.122. The van der Waals surface area contributed by atoms with Crippen molar-refractivity contribution in [1.82, 2.24) is 5.43 Å². The highest BCUT2D eigenvalue weighted by molar-refractivity contribution is 5.82. The van der Waals surface area contributed by atoms with Gasteiger partial charge in [-0.1, -0.05) is 45.0 Å². The van der Waals surface area contributed by atoms with E-state index in [1.54, 1.807) is 0 Å². The molecule has 0 aliphatic carbocycles. The Morgan fingerprint density at radius 2 is 1.90 bits per heavy atom. The molecular formula is C16H26N2O2. The van der Waals surface area contributed by atoms with Crippen molar-refractivity contribution in [2.24, 2.45) is 11.3 Å². The third-order valence-corrected chi connectivity index (χ3v) is 3.28. The summed E-state index contributed by atoms with van der Waals surface area (Å²) in [4.78, 5) is 11.4. The van der Waals surface area contributed by atoms with Crippen molar-refractivity contribution in [3.63, 3.8) is 0 Å². The van der Waals surface area contributed by atoms with Crippen LogP contribution in [0.2, 0.25) is 0 Å². The Labute approximate surface area is 121 Å². The van der Waals surface area contributed by atoms with Gasteiger partial charge in [-0.05, 0) is 29.9 Å². The summed E-state index contributed by atoms with van der Waals surface area (Å²) in [5, 5.41) is 0. The van der Waals surface area contributed by atoms with Crippen molar-refractivity contribution >= 4 is 5.91 Å². The molecule has 4 nitrogen and oxygen atoms in total. The quantitative estimate of drug-likeness (QED) is 0.364. The van der Waals surface area contributed by atoms with Crippen molar-refractivity contribution in [2.75, 3.05) is 6.61 Å². The van der Waals surface area contributed by atoms with Crippen LogP contribution in [0.25, 0.3) is 0 Å². The molecule has 0 heterocycles. The van der Waals surface area contributed by atoms with Gasteiger partial charge in [0.15, 0.2) is 0 Å². The van der Waals surface area contributed by atoms with Crippen LogP contribution in [0, 0.1) is 5.41 Å². The van der Waals surface area contributed by atoms with Gasteiger partial charge >= 0.3 is 0 Å². The summed E-state index contributed by atoms with van der Waals surface area (Å²) < 4.78 is 5.67. The SMILES string of the molecule is CC(C(=O)NN)c1ccc(COCCC(C)(C)C)cc1. The molecule has 0 fully saturated rings. The highest BCUT2D eigenvalue weighted by atomic mass is 16.5. The average Bonchev–Trinajstić information content (AvgIpc) is 2.41. The molecule has 1 amide bonds. The minimum atomic E-state index is -0.240. The van der Waals surface area contributed by atoms with Gasteiger partial charge in [0.1, 0.15) is 0 Å². The predicted octanol–water partition coefficient (Wildman–Crippen LogP) is 2.73. The van der Waals surface area contributed by atoms with Gasteiger partial charge in [0.25, 0.3) is 0 Å². The molecular weight excluding hydrogens is 252 g/mol. The normalized spacial score (nSPS) is 13.1. The summed E-state index contributed by atoms with van der Waals surface area (Å²) in [6.07, 6.45) is 1.04. The third-order valence-electron chi connectivity index (χ3n) is 3.28. The summed E-state index contributed by atoms with van der Waals surface area (Å²) in [7, 11) is 0. The second-order valence-electron chi connectivity index (χ2n) is 6.34. The van der Waals surface area contributed by atoms with E-state index in [1.807, 2.05) is 31.2 Å². The van der Waals surface area contributed by atoms with E-state index < -0.39 is 0 Å². The monoisotopic (exact) mass is 278 g/mol. The summed E-state index contributed by atoms with van der Waals surface area (Å²) >= 11 is 0. The van der Waals surface area contributed by atoms with Crippen LogP contribution in [-0.2, 0) is 16.1 Å². The van der Waals surface area contributed by atoms with Gasteiger partial charge in [0.05, 0.1) is 12.5 Å². The number of benzene rings is 1. The van der Waals surface area contributed by atoms with E-state index in [-0.39, 0.29) is 11.8 Å². The molecule has 0 aromatic heterocycles. The molecule has 0 radical (unpaired) electrons. The highest BCUT2D eigenvalue weighted by Gasteiger charge is 2.13. The molecule has 0 saturated carbocycles. The van der Waals surface area contributed by atoms with E-state index in [1.165, 1.54) is 0 Å². The van der Waals surface area contributed by atoms with Gasteiger partial charge < -0.3 is 4.74 Å². The Bertz CT molecular complexity index is 421. The van der Waals surface area contributed by atoms with E-state index >= 15 is 0 Å². The fourth-order valence-corrected chi connectivity index (χ4v) is 1.75. The second kappa shape index (κ2) is 7.41. The Hall–Kier alpha value is -1.39. The van der Waals surface area contributed by atoms with Gasteiger partial charge in [0, 0.05) is 6.61 Å². The summed E-state index contributed by atoms with van der Waals surface area (Å²) in [6.45, 7) is 9.81. The zero-order chi connectivity index (χ0) is 15.2. The number of amides is 1. The molecule has 0 bridgehead atoms. The number of nitrogens with one attached hydrogen (secondary N) is 1. The Morgan fingerprint density at radius 1 is 1.30 bits per heavy atom. The zero-order valence-electron chi connectivity index (χ0n) is 12.9. The maximum Gasteiger partial charge on any atom is 0.241 e. The molecule has 0 saturated heterocycles. The molecule has 4 heteroatoms. The summed E-state index contributed by atoms with van der Waals surface area (Å²) in [6, 6.07) is 7.88. The molecule has 1 atom stereocenters. The van der Waals surface area contributed by atoms with Crippen molar-refractivity contribution in [1.29, 1.82) is 0 Å². The molecule has 0 spiro atoms. The molecule has 0 aliphatic rings. The molecule has 0 aliphatic heterocycles. The molecule has 112 valence electrons. The number of carbonyl (C=O) groups is 1. The van der Waals surface area contributed by atoms with E-state index in [2.05, 4.69) is 26.2 Å². The number of ether oxygens (including phenoxy) is 1. The number of carbonyl (C=O) groups excluding carboxylic acids is 1. The number of hydrogen-bond acceptors (Lipinski definition) is 3. The smallest absolute Gasteiger partial charge is 0.241 e. The Balaban J connectivity index is 2.45. The second-order valence-corrected chi connectivity index (χ2v) is 6.34. The summed E-state index contributed by atoms with van der Waals surface area (Å²) in [5.41, 5.74) is 4.53. The lowest BCUT2D eigenvalue weighted by atomic mass is 9.93. The largest absolute Gasteiger partial charge is 0.377 e. The van der Waals surface area contributed by atoms with Gasteiger partial charge in [0.2, 0.25) is 5.91 Å². The Kier molecular flexibility index (Phi) is 6.17. The molecule has 1 aromatic rings. The number of hydrazine groups is 1. The van der Waals surface area contributed by atoms with E-state index in [0.717, 1.165) is 24.2 Å². The van der Waals surface area contributed by atoms with Crippen LogP contribution in [0.15, 0.2) is 24.3 Å². The minimum absolute atomic E-state index is 0.181. The predicted molar refractivity (Wildman–Crippen MR) is 80.9 cm³/mol. The van der Waals surface area contributed by atoms with Gasteiger partial charge in [-0.25, -0.2) is 5.84 Å². The van der Waals surface area contributed by atoms with Crippen molar-refractivity contribution < 1.29 is 9.53 Å². The highest BCUT2D eigenvalue weighted by Crippen LogP contribution is 2.19. The van der Waals surface area contributed by atoms with Crippen LogP contribution in [0.1, 0.15) is 51.2 Å². The van der Waals surface area contributed by atoms with Crippen LogP contribution in [0.3, 0.4) is 0 Å². The molecule has 1 rings (SSSR count). The van der Waals surface area contributed by atoms with Crippen molar-refractivity contribution in [3.05, 3.63) is 35.4 Å². The minimum Gasteiger partial charge on any atom is -0.377 e. The van der Waals surface area contributed by atoms with E-state index in [0.29, 0.717) is 12.0 Å². The standard InChI is InChI=1S/C16H26N2O2/c1-12(15(19)18-17)14-7-5-13(6-8-14)11-20-10-9-16(2,3)4/h5-8,12H,9-11,17H2,1-4H3,(H,18,19). The fourth-order valence-electron chi connectivity index (χ4n) is 1.75. The van der Waals surface area contributed by atoms with Crippen molar-refractivity contribution in [2.45, 2.75) is 46.6 Å². The molecule has 1 unspecified atom stereocenters. The van der Waals surface area contributed by atoms with Crippen LogP contribution in [0.4, 0.5) is 0 Å². The van der Waals surface area contributed by atoms with Gasteiger partial charge in [-0.2, -0.15) is 0 Å². The number of rotatable bonds is 6. The lowest BCUT2D eigenvalue weighted by Gasteiger charge is -2.17. The summed E-state index contributed by atoms with van der Waals surface area (Å²) in [5.74, 6) is 4.72. The molecule has 20 heavy (non-hydrogen) atoms. The van der Waals surface area contributed by atoms with Crippen LogP contribution < -0.4 is 11.3 Å². The van der Waals surface area contributed by atoms with Gasteiger partial charge in [-0.15, -0.1) is 0 Å². The number of nitrogens with two attached hydrogens (primary N) is 1. The van der Waals surface area contributed by atoms with Crippen LogP contribution in [-0.4, -0.2) is 12.5 Å².